The highest BCUT2D eigenvalue weighted by Gasteiger charge is 2.54. The number of nitrogens with zero attached hydrogens (tertiary/aromatic N) is 2. The number of rotatable bonds is 2. The minimum Gasteiger partial charge on any atom is -0.387 e. The molecule has 2 aromatic carbocycles. The van der Waals surface area contributed by atoms with Crippen LogP contribution in [0.4, 0.5) is 0 Å². The molecular weight excluding hydrogens is 420 g/mol. The third-order valence-electron chi connectivity index (χ3n) is 7.28. The van der Waals surface area contributed by atoms with Gasteiger partial charge in [0.15, 0.2) is 0 Å². The van der Waals surface area contributed by atoms with Gasteiger partial charge >= 0.3 is 0 Å². The van der Waals surface area contributed by atoms with Gasteiger partial charge in [-0.25, -0.2) is 0 Å². The molecular formula is C23H21ClN2O3S. The fourth-order valence-corrected chi connectivity index (χ4v) is 7.59. The summed E-state index contributed by atoms with van der Waals surface area (Å²) < 4.78 is 27.6. The van der Waals surface area contributed by atoms with Crippen molar-refractivity contribution in [3.05, 3.63) is 64.3 Å². The number of fused-ring (bicyclic) bond motifs is 5. The zero-order valence-electron chi connectivity index (χ0n) is 16.5. The monoisotopic (exact) mass is 440 g/mol. The summed E-state index contributed by atoms with van der Waals surface area (Å²) in [6.07, 6.45) is 4.80. The van der Waals surface area contributed by atoms with Crippen molar-refractivity contribution in [1.29, 1.82) is 0 Å². The quantitative estimate of drug-likeness (QED) is 0.646. The fraction of sp³-hybridized carbons (Fsp3) is 0.348. The summed E-state index contributed by atoms with van der Waals surface area (Å²) >= 11 is 6.66. The molecule has 30 heavy (non-hydrogen) atoms. The molecule has 0 amide bonds. The Bertz CT molecular complexity index is 1360. The summed E-state index contributed by atoms with van der Waals surface area (Å²) in [7, 11) is -3.79. The molecule has 3 atom stereocenters. The van der Waals surface area contributed by atoms with Crippen LogP contribution in [0.5, 0.6) is 0 Å². The van der Waals surface area contributed by atoms with Gasteiger partial charge in [0.1, 0.15) is 0 Å². The van der Waals surface area contributed by atoms with Gasteiger partial charge in [0.25, 0.3) is 10.0 Å². The Hall–Kier alpha value is -2.15. The molecule has 5 nitrogen and oxygen atoms in total. The molecule has 6 rings (SSSR count). The van der Waals surface area contributed by atoms with E-state index in [2.05, 4.69) is 5.10 Å². The van der Waals surface area contributed by atoms with Crippen LogP contribution in [0, 0.1) is 18.3 Å². The number of hydrogen-bond acceptors (Lipinski definition) is 4. The number of aliphatic hydroxyl groups is 1. The van der Waals surface area contributed by atoms with E-state index in [1.54, 1.807) is 30.5 Å². The van der Waals surface area contributed by atoms with Gasteiger partial charge in [0.2, 0.25) is 0 Å². The SMILES string of the molecule is Cc1ccc(S(=O)(=O)n2ncc3c4c(ccc32)C2=C(Cl)[C@H](O)[C@@H]3CC[C@@]2(C4)C3)cc1. The van der Waals surface area contributed by atoms with Crippen molar-refractivity contribution in [2.24, 2.45) is 11.3 Å². The Morgan fingerprint density at radius 1 is 1.20 bits per heavy atom. The highest BCUT2D eigenvalue weighted by molar-refractivity contribution is 7.90. The Morgan fingerprint density at radius 3 is 2.73 bits per heavy atom. The molecule has 154 valence electrons. The van der Waals surface area contributed by atoms with Crippen LogP contribution in [0.2, 0.25) is 0 Å². The van der Waals surface area contributed by atoms with Gasteiger partial charge in [-0.15, -0.1) is 0 Å². The van der Waals surface area contributed by atoms with Gasteiger partial charge in [-0.3, -0.25) is 0 Å². The average Bonchev–Trinajstić information content (AvgIpc) is 3.40. The largest absolute Gasteiger partial charge is 0.387 e. The van der Waals surface area contributed by atoms with E-state index in [4.69, 9.17) is 11.6 Å². The fourth-order valence-electron chi connectivity index (χ4n) is 5.84. The minimum atomic E-state index is -3.79. The molecule has 3 aromatic rings. The molecule has 7 heteroatoms. The second-order valence-electron chi connectivity index (χ2n) is 8.96. The third-order valence-corrected chi connectivity index (χ3v) is 9.31. The topological polar surface area (TPSA) is 72.2 Å². The molecule has 1 spiro atoms. The lowest BCUT2D eigenvalue weighted by Crippen LogP contribution is -2.29. The molecule has 1 saturated carbocycles. The number of aromatic nitrogens is 2. The van der Waals surface area contributed by atoms with Crippen LogP contribution in [0.3, 0.4) is 0 Å². The zero-order valence-corrected chi connectivity index (χ0v) is 18.0. The molecule has 1 aromatic heterocycles. The first-order valence-electron chi connectivity index (χ1n) is 10.2. The van der Waals surface area contributed by atoms with Crippen molar-refractivity contribution < 1.29 is 13.5 Å². The maximum atomic E-state index is 13.2. The number of benzene rings is 2. The average molecular weight is 441 g/mol. The number of allylic oxidation sites excluding steroid dienone is 1. The first kappa shape index (κ1) is 18.6. The Labute approximate surface area is 180 Å². The van der Waals surface area contributed by atoms with Crippen molar-refractivity contribution in [2.75, 3.05) is 0 Å². The minimum absolute atomic E-state index is 0.0322. The molecule has 1 N–H and O–H groups in total. The van der Waals surface area contributed by atoms with Crippen molar-refractivity contribution in [2.45, 2.75) is 43.6 Å². The summed E-state index contributed by atoms with van der Waals surface area (Å²) in [5.74, 6) is 0.218. The van der Waals surface area contributed by atoms with Crippen LogP contribution >= 0.6 is 11.6 Å². The van der Waals surface area contributed by atoms with E-state index in [9.17, 15) is 13.5 Å². The van der Waals surface area contributed by atoms with E-state index in [1.807, 2.05) is 19.1 Å². The van der Waals surface area contributed by atoms with E-state index in [1.165, 1.54) is 0 Å². The van der Waals surface area contributed by atoms with Crippen LogP contribution in [-0.4, -0.2) is 28.8 Å². The molecule has 0 unspecified atom stereocenters. The Morgan fingerprint density at radius 2 is 1.97 bits per heavy atom. The normalized spacial score (nSPS) is 27.6. The Kier molecular flexibility index (Phi) is 3.70. The molecule has 0 aliphatic heterocycles. The Balaban J connectivity index is 1.54. The van der Waals surface area contributed by atoms with Gasteiger partial charge in [-0.1, -0.05) is 35.4 Å². The molecule has 1 fully saturated rings. The first-order chi connectivity index (χ1) is 14.3. The maximum Gasteiger partial charge on any atom is 0.283 e. The van der Waals surface area contributed by atoms with E-state index in [0.717, 1.165) is 57.4 Å². The van der Waals surface area contributed by atoms with Crippen LogP contribution in [-0.2, 0) is 16.4 Å². The van der Waals surface area contributed by atoms with Gasteiger partial charge in [-0.2, -0.15) is 17.6 Å². The van der Waals surface area contributed by atoms with Gasteiger partial charge in [-0.05, 0) is 73.4 Å². The zero-order chi connectivity index (χ0) is 20.8. The van der Waals surface area contributed by atoms with Crippen molar-refractivity contribution in [3.8, 4) is 0 Å². The number of halogens is 1. The lowest BCUT2D eigenvalue weighted by atomic mass is 9.74. The van der Waals surface area contributed by atoms with E-state index < -0.39 is 16.1 Å². The standard InChI is InChI=1S/C23H21ClN2O3S/c1-13-2-4-15(5-3-13)30(28,29)26-19-7-6-16-17(18(19)12-25-26)11-23-9-8-14(10-23)22(27)21(24)20(16)23/h2-7,12,14,22,27H,8-11H2,1H3/t14-,22-,23+/m1/s1. The summed E-state index contributed by atoms with van der Waals surface area (Å²) in [4.78, 5) is 0.221. The highest BCUT2D eigenvalue weighted by atomic mass is 35.5. The summed E-state index contributed by atoms with van der Waals surface area (Å²) in [6.45, 7) is 1.92. The van der Waals surface area contributed by atoms with Gasteiger partial charge in [0.05, 0.1) is 27.7 Å². The van der Waals surface area contributed by atoms with Gasteiger partial charge < -0.3 is 5.11 Å². The van der Waals surface area contributed by atoms with Crippen molar-refractivity contribution >= 4 is 38.1 Å². The van der Waals surface area contributed by atoms with E-state index in [-0.39, 0.29) is 16.2 Å². The smallest absolute Gasteiger partial charge is 0.283 e. The van der Waals surface area contributed by atoms with Crippen molar-refractivity contribution in [3.63, 3.8) is 0 Å². The number of hydrogen-bond donors (Lipinski definition) is 1. The van der Waals surface area contributed by atoms with E-state index >= 15 is 0 Å². The number of aliphatic hydroxyl groups excluding tert-OH is 1. The molecule has 0 saturated heterocycles. The molecule has 2 bridgehead atoms. The predicted octanol–water partition coefficient (Wildman–Crippen LogP) is 4.25. The first-order valence-corrected chi connectivity index (χ1v) is 12.0. The van der Waals surface area contributed by atoms with Crippen molar-refractivity contribution in [1.82, 2.24) is 9.19 Å². The molecule has 0 radical (unpaired) electrons. The van der Waals surface area contributed by atoms with E-state index in [0.29, 0.717) is 10.5 Å². The van der Waals surface area contributed by atoms with Crippen LogP contribution in [0.25, 0.3) is 16.5 Å². The number of aryl methyl sites for hydroxylation is 1. The predicted molar refractivity (Wildman–Crippen MR) is 116 cm³/mol. The van der Waals surface area contributed by atoms with Crippen LogP contribution < -0.4 is 0 Å². The summed E-state index contributed by atoms with van der Waals surface area (Å²) in [6, 6.07) is 10.6. The highest BCUT2D eigenvalue weighted by Crippen LogP contribution is 2.64. The summed E-state index contributed by atoms with van der Waals surface area (Å²) in [5, 5.41) is 16.3. The van der Waals surface area contributed by atoms with Crippen LogP contribution in [0.1, 0.15) is 36.0 Å². The molecule has 3 aliphatic rings. The summed E-state index contributed by atoms with van der Waals surface area (Å²) in [5.41, 5.74) is 4.75. The lowest BCUT2D eigenvalue weighted by Gasteiger charge is -2.33. The van der Waals surface area contributed by atoms with Crippen LogP contribution in [0.15, 0.2) is 52.5 Å². The maximum absolute atomic E-state index is 13.2. The lowest BCUT2D eigenvalue weighted by molar-refractivity contribution is 0.138. The second-order valence-corrected chi connectivity index (χ2v) is 11.1. The molecule has 1 heterocycles. The third kappa shape index (κ3) is 2.27. The van der Waals surface area contributed by atoms with Gasteiger partial charge in [0, 0.05) is 10.8 Å². The second kappa shape index (κ2) is 5.96. The molecule has 3 aliphatic carbocycles.